The van der Waals surface area contributed by atoms with E-state index < -0.39 is 5.60 Å². The molecule has 1 aliphatic rings. The van der Waals surface area contributed by atoms with Crippen molar-refractivity contribution in [1.29, 1.82) is 0 Å². The largest absolute Gasteiger partial charge is 0.444 e. The third kappa shape index (κ3) is 3.21. The van der Waals surface area contributed by atoms with Gasteiger partial charge < -0.3 is 9.64 Å². The molecule has 1 aliphatic heterocycles. The zero-order chi connectivity index (χ0) is 13.2. The lowest BCUT2D eigenvalue weighted by atomic mass is 10.1. The average molecular weight is 252 g/mol. The zero-order valence-corrected chi connectivity index (χ0v) is 11.2. The van der Waals surface area contributed by atoms with Gasteiger partial charge in [0, 0.05) is 13.1 Å². The van der Waals surface area contributed by atoms with E-state index >= 15 is 0 Å². The van der Waals surface area contributed by atoms with Gasteiger partial charge in [0.15, 0.2) is 0 Å². The Kier molecular flexibility index (Phi) is 3.54. The number of nitrogens with zero attached hydrogens (tertiary/aromatic N) is 4. The maximum Gasteiger partial charge on any atom is 0.410 e. The monoisotopic (exact) mass is 252 g/mol. The van der Waals surface area contributed by atoms with E-state index in [9.17, 15) is 4.79 Å². The predicted molar refractivity (Wildman–Crippen MR) is 66.1 cm³/mol. The second-order valence-corrected chi connectivity index (χ2v) is 5.55. The molecular weight excluding hydrogens is 232 g/mol. The molecule has 0 atom stereocenters. The zero-order valence-electron chi connectivity index (χ0n) is 11.2. The fraction of sp³-hybridized carbons (Fsp3) is 0.750. The molecule has 1 aromatic rings. The minimum Gasteiger partial charge on any atom is -0.444 e. The van der Waals surface area contributed by atoms with Crippen molar-refractivity contribution in [3.63, 3.8) is 0 Å². The average Bonchev–Trinajstić information content (AvgIpc) is 2.80. The third-order valence-electron chi connectivity index (χ3n) is 2.88. The second-order valence-electron chi connectivity index (χ2n) is 5.55. The molecule has 1 saturated heterocycles. The van der Waals surface area contributed by atoms with Gasteiger partial charge in [0.05, 0.1) is 18.4 Å². The number of likely N-dealkylation sites (tertiary alicyclic amines) is 1. The van der Waals surface area contributed by atoms with E-state index in [1.165, 1.54) is 0 Å². The number of aromatic nitrogens is 3. The van der Waals surface area contributed by atoms with Crippen molar-refractivity contribution in [1.82, 2.24) is 19.9 Å². The highest BCUT2D eigenvalue weighted by atomic mass is 16.6. The van der Waals surface area contributed by atoms with Crippen LogP contribution in [0.1, 0.15) is 39.7 Å². The van der Waals surface area contributed by atoms with Gasteiger partial charge in [-0.2, -0.15) is 15.0 Å². The first kappa shape index (κ1) is 12.9. The first-order valence-corrected chi connectivity index (χ1v) is 6.29. The van der Waals surface area contributed by atoms with Crippen LogP contribution in [0.5, 0.6) is 0 Å². The number of ether oxygens (including phenoxy) is 1. The molecule has 2 heterocycles. The number of carbonyl (C=O) groups excluding carboxylic acids is 1. The highest BCUT2D eigenvalue weighted by molar-refractivity contribution is 5.68. The highest BCUT2D eigenvalue weighted by Gasteiger charge is 2.27. The Balaban J connectivity index is 1.85. The lowest BCUT2D eigenvalue weighted by Gasteiger charge is -2.32. The van der Waals surface area contributed by atoms with Crippen LogP contribution in [0, 0.1) is 0 Å². The van der Waals surface area contributed by atoms with Crippen molar-refractivity contribution in [3.05, 3.63) is 12.4 Å². The van der Waals surface area contributed by atoms with Crippen molar-refractivity contribution in [2.24, 2.45) is 0 Å². The van der Waals surface area contributed by atoms with Crippen LogP contribution in [-0.4, -0.2) is 44.7 Å². The van der Waals surface area contributed by atoms with Gasteiger partial charge in [-0.3, -0.25) is 0 Å². The molecule has 0 aromatic carbocycles. The molecule has 0 unspecified atom stereocenters. The van der Waals surface area contributed by atoms with Crippen molar-refractivity contribution in [3.8, 4) is 0 Å². The summed E-state index contributed by atoms with van der Waals surface area (Å²) in [7, 11) is 0. The standard InChI is InChI=1S/C12H20N4O2/c1-12(2,3)18-11(17)15-8-4-10(5-9-15)16-13-6-7-14-16/h6-7,10H,4-5,8-9H2,1-3H3. The van der Waals surface area contributed by atoms with Crippen LogP contribution >= 0.6 is 0 Å². The van der Waals surface area contributed by atoms with Gasteiger partial charge in [0.2, 0.25) is 0 Å². The summed E-state index contributed by atoms with van der Waals surface area (Å²) in [5.74, 6) is 0. The van der Waals surface area contributed by atoms with Crippen LogP contribution in [0.25, 0.3) is 0 Å². The van der Waals surface area contributed by atoms with Crippen LogP contribution in [0.3, 0.4) is 0 Å². The Morgan fingerprint density at radius 1 is 1.22 bits per heavy atom. The molecule has 18 heavy (non-hydrogen) atoms. The summed E-state index contributed by atoms with van der Waals surface area (Å²) in [5.41, 5.74) is -0.433. The molecule has 100 valence electrons. The summed E-state index contributed by atoms with van der Waals surface area (Å²) in [5, 5.41) is 8.28. The normalized spacial score (nSPS) is 17.8. The predicted octanol–water partition coefficient (Wildman–Crippen LogP) is 1.85. The van der Waals surface area contributed by atoms with Crippen LogP contribution in [-0.2, 0) is 4.74 Å². The van der Waals surface area contributed by atoms with E-state index in [0.29, 0.717) is 19.1 Å². The first-order valence-electron chi connectivity index (χ1n) is 6.29. The van der Waals surface area contributed by atoms with E-state index in [-0.39, 0.29) is 6.09 Å². The smallest absolute Gasteiger partial charge is 0.410 e. The van der Waals surface area contributed by atoms with E-state index in [1.807, 2.05) is 20.8 Å². The molecule has 2 rings (SSSR count). The van der Waals surface area contributed by atoms with Gasteiger partial charge in [-0.1, -0.05) is 0 Å². The summed E-state index contributed by atoms with van der Waals surface area (Å²) < 4.78 is 5.35. The van der Waals surface area contributed by atoms with E-state index in [0.717, 1.165) is 12.8 Å². The number of hydrogen-bond donors (Lipinski definition) is 0. The summed E-state index contributed by atoms with van der Waals surface area (Å²) in [6.07, 6.45) is 4.87. The quantitative estimate of drug-likeness (QED) is 0.765. The molecule has 0 saturated carbocycles. The molecule has 0 N–H and O–H groups in total. The Hall–Kier alpha value is -1.59. The first-order chi connectivity index (χ1) is 8.46. The Morgan fingerprint density at radius 3 is 2.28 bits per heavy atom. The number of piperidine rings is 1. The topological polar surface area (TPSA) is 60.2 Å². The van der Waals surface area contributed by atoms with E-state index in [2.05, 4.69) is 10.2 Å². The van der Waals surface area contributed by atoms with Gasteiger partial charge >= 0.3 is 6.09 Å². The minimum atomic E-state index is -0.433. The lowest BCUT2D eigenvalue weighted by molar-refractivity contribution is 0.0180. The van der Waals surface area contributed by atoms with Gasteiger partial charge in [0.1, 0.15) is 5.60 Å². The molecule has 0 radical (unpaired) electrons. The molecule has 6 nitrogen and oxygen atoms in total. The molecular formula is C12H20N4O2. The summed E-state index contributed by atoms with van der Waals surface area (Å²) in [4.78, 5) is 15.4. The van der Waals surface area contributed by atoms with E-state index in [1.54, 1.807) is 22.1 Å². The van der Waals surface area contributed by atoms with Gasteiger partial charge in [-0.25, -0.2) is 4.79 Å². The number of amides is 1. The fourth-order valence-corrected chi connectivity index (χ4v) is 2.02. The van der Waals surface area contributed by atoms with Crippen molar-refractivity contribution < 1.29 is 9.53 Å². The van der Waals surface area contributed by atoms with Crippen molar-refractivity contribution in [2.45, 2.75) is 45.3 Å². The highest BCUT2D eigenvalue weighted by Crippen LogP contribution is 2.22. The SMILES string of the molecule is CC(C)(C)OC(=O)N1CCC(n2nccn2)CC1. The van der Waals surface area contributed by atoms with E-state index in [4.69, 9.17) is 4.74 Å². The number of carbonyl (C=O) groups is 1. The molecule has 1 amide bonds. The van der Waals surface area contributed by atoms with Crippen LogP contribution < -0.4 is 0 Å². The second kappa shape index (κ2) is 4.96. The molecule has 0 aliphatic carbocycles. The van der Waals surface area contributed by atoms with Gasteiger partial charge in [-0.05, 0) is 33.6 Å². The van der Waals surface area contributed by atoms with Gasteiger partial charge in [0.25, 0.3) is 0 Å². The minimum absolute atomic E-state index is 0.227. The fourth-order valence-electron chi connectivity index (χ4n) is 2.02. The lowest BCUT2D eigenvalue weighted by Crippen LogP contribution is -2.42. The number of rotatable bonds is 1. The van der Waals surface area contributed by atoms with Crippen molar-refractivity contribution in [2.75, 3.05) is 13.1 Å². The summed E-state index contributed by atoms with van der Waals surface area (Å²) in [6, 6.07) is 0.290. The Morgan fingerprint density at radius 2 is 1.78 bits per heavy atom. The number of hydrogen-bond acceptors (Lipinski definition) is 4. The van der Waals surface area contributed by atoms with Gasteiger partial charge in [-0.15, -0.1) is 0 Å². The Bertz CT molecular complexity index is 389. The van der Waals surface area contributed by atoms with Crippen molar-refractivity contribution >= 4 is 6.09 Å². The van der Waals surface area contributed by atoms with Crippen LogP contribution in [0.4, 0.5) is 4.79 Å². The van der Waals surface area contributed by atoms with Crippen LogP contribution in [0.2, 0.25) is 0 Å². The molecule has 1 fully saturated rings. The molecule has 6 heteroatoms. The maximum absolute atomic E-state index is 11.9. The maximum atomic E-state index is 11.9. The Labute approximate surface area is 107 Å². The third-order valence-corrected chi connectivity index (χ3v) is 2.88. The molecule has 1 aromatic heterocycles. The summed E-state index contributed by atoms with van der Waals surface area (Å²) >= 11 is 0. The summed E-state index contributed by atoms with van der Waals surface area (Å²) in [6.45, 7) is 7.03. The molecule has 0 spiro atoms. The molecule has 0 bridgehead atoms. The van der Waals surface area contributed by atoms with Crippen LogP contribution in [0.15, 0.2) is 12.4 Å².